The summed E-state index contributed by atoms with van der Waals surface area (Å²) in [6.07, 6.45) is 0.345. The molecule has 6 nitrogen and oxygen atoms in total. The number of nitrogens with zero attached hydrogens (tertiary/aromatic N) is 2. The maximum absolute atomic E-state index is 12.5. The van der Waals surface area contributed by atoms with Gasteiger partial charge in [0, 0.05) is 41.3 Å². The van der Waals surface area contributed by atoms with Crippen molar-refractivity contribution in [3.8, 4) is 17.2 Å². The molecule has 28 heavy (non-hydrogen) atoms. The van der Waals surface area contributed by atoms with E-state index in [1.165, 1.54) is 0 Å². The van der Waals surface area contributed by atoms with E-state index in [1.807, 2.05) is 61.0 Å². The number of para-hydroxylation sites is 1. The molecule has 0 bridgehead atoms. The minimum atomic E-state index is -0.137. The number of hydrogen-bond acceptors (Lipinski definition) is 4. The average molecular weight is 377 g/mol. The highest BCUT2D eigenvalue weighted by Crippen LogP contribution is 2.46. The number of fused-ring (bicyclic) bond motifs is 1. The number of aryl methyl sites for hydroxylation is 1. The molecule has 1 unspecified atom stereocenters. The molecule has 4 rings (SSSR count). The summed E-state index contributed by atoms with van der Waals surface area (Å²) in [5.74, 6) is 1.18. The molecule has 144 valence electrons. The van der Waals surface area contributed by atoms with Crippen LogP contribution in [0, 0.1) is 13.8 Å². The summed E-state index contributed by atoms with van der Waals surface area (Å²) in [5.41, 5.74) is 5.67. The SMILES string of the molecule is COc1cc2c(c(OC)c1)C(c1c(C)nn(-c3ccccc3)c1C)CC(=O)N2. The van der Waals surface area contributed by atoms with Gasteiger partial charge in [0.1, 0.15) is 11.5 Å². The molecule has 0 radical (unpaired) electrons. The standard InChI is InChI=1S/C22H23N3O3/c1-13-21(14(2)25(24-13)15-8-6-5-7-9-15)17-12-20(26)23-18-10-16(27-3)11-19(28-4)22(17)18/h5-11,17H,12H2,1-4H3,(H,23,26). The molecular weight excluding hydrogens is 354 g/mol. The van der Waals surface area contributed by atoms with E-state index in [1.54, 1.807) is 14.2 Å². The molecule has 1 atom stereocenters. The second-order valence-corrected chi connectivity index (χ2v) is 6.93. The van der Waals surface area contributed by atoms with Gasteiger partial charge in [-0.15, -0.1) is 0 Å². The lowest BCUT2D eigenvalue weighted by atomic mass is 9.83. The first-order valence-electron chi connectivity index (χ1n) is 9.20. The molecule has 2 aromatic carbocycles. The molecule has 1 N–H and O–H groups in total. The molecule has 2 heterocycles. The van der Waals surface area contributed by atoms with Gasteiger partial charge in [-0.05, 0) is 26.0 Å². The number of nitrogens with one attached hydrogen (secondary N) is 1. The molecule has 3 aromatic rings. The van der Waals surface area contributed by atoms with Gasteiger partial charge in [-0.2, -0.15) is 5.10 Å². The molecule has 1 aromatic heterocycles. The first-order valence-corrected chi connectivity index (χ1v) is 9.20. The van der Waals surface area contributed by atoms with E-state index in [0.717, 1.165) is 33.9 Å². The monoisotopic (exact) mass is 377 g/mol. The van der Waals surface area contributed by atoms with Gasteiger partial charge in [-0.3, -0.25) is 4.79 Å². The van der Waals surface area contributed by atoms with Gasteiger partial charge < -0.3 is 14.8 Å². The van der Waals surface area contributed by atoms with Crippen LogP contribution in [0.5, 0.6) is 11.5 Å². The Bertz CT molecular complexity index is 1040. The fourth-order valence-corrected chi connectivity index (χ4v) is 4.07. The number of carbonyl (C=O) groups is 1. The minimum absolute atomic E-state index is 0.0286. The highest BCUT2D eigenvalue weighted by atomic mass is 16.5. The second-order valence-electron chi connectivity index (χ2n) is 6.93. The van der Waals surface area contributed by atoms with Crippen LogP contribution in [0.25, 0.3) is 5.69 Å². The lowest BCUT2D eigenvalue weighted by Gasteiger charge is -2.28. The van der Waals surface area contributed by atoms with Crippen molar-refractivity contribution in [3.63, 3.8) is 0 Å². The minimum Gasteiger partial charge on any atom is -0.497 e. The Morgan fingerprint density at radius 1 is 1.07 bits per heavy atom. The topological polar surface area (TPSA) is 65.4 Å². The molecule has 0 saturated heterocycles. The van der Waals surface area contributed by atoms with Crippen molar-refractivity contribution in [1.29, 1.82) is 0 Å². The zero-order valence-corrected chi connectivity index (χ0v) is 16.4. The largest absolute Gasteiger partial charge is 0.497 e. The van der Waals surface area contributed by atoms with Crippen LogP contribution in [0.1, 0.15) is 34.9 Å². The predicted octanol–water partition coefficient (Wildman–Crippen LogP) is 3.98. The normalized spacial score (nSPS) is 15.7. The highest BCUT2D eigenvalue weighted by molar-refractivity contribution is 5.96. The Kier molecular flexibility index (Phi) is 4.55. The molecule has 0 fully saturated rings. The van der Waals surface area contributed by atoms with Crippen LogP contribution in [0.15, 0.2) is 42.5 Å². The van der Waals surface area contributed by atoms with E-state index < -0.39 is 0 Å². The van der Waals surface area contributed by atoms with E-state index in [9.17, 15) is 4.79 Å². The molecule has 0 spiro atoms. The number of benzene rings is 2. The lowest BCUT2D eigenvalue weighted by Crippen LogP contribution is -2.24. The van der Waals surface area contributed by atoms with Crippen LogP contribution in [0.3, 0.4) is 0 Å². The zero-order chi connectivity index (χ0) is 19.8. The van der Waals surface area contributed by atoms with Crippen LogP contribution in [0.2, 0.25) is 0 Å². The first-order chi connectivity index (χ1) is 13.5. The summed E-state index contributed by atoms with van der Waals surface area (Å²) in [5, 5.41) is 7.72. The van der Waals surface area contributed by atoms with Crippen molar-refractivity contribution in [2.24, 2.45) is 0 Å². The van der Waals surface area contributed by atoms with E-state index in [2.05, 4.69) is 5.32 Å². The molecular formula is C22H23N3O3. The van der Waals surface area contributed by atoms with Crippen LogP contribution in [-0.2, 0) is 4.79 Å². The molecule has 0 saturated carbocycles. The number of ether oxygens (including phenoxy) is 2. The van der Waals surface area contributed by atoms with Crippen LogP contribution >= 0.6 is 0 Å². The maximum atomic E-state index is 12.5. The van der Waals surface area contributed by atoms with E-state index in [4.69, 9.17) is 14.6 Å². The Labute approximate surface area is 164 Å². The molecule has 1 aliphatic rings. The lowest BCUT2D eigenvalue weighted by molar-refractivity contribution is -0.116. The third kappa shape index (κ3) is 2.91. The molecule has 6 heteroatoms. The van der Waals surface area contributed by atoms with Crippen molar-refractivity contribution in [2.75, 3.05) is 19.5 Å². The number of hydrogen-bond donors (Lipinski definition) is 1. The fraction of sp³-hybridized carbons (Fsp3) is 0.273. The van der Waals surface area contributed by atoms with E-state index in [0.29, 0.717) is 17.9 Å². The van der Waals surface area contributed by atoms with Gasteiger partial charge in [0.05, 0.1) is 31.3 Å². The molecule has 1 amide bonds. The van der Waals surface area contributed by atoms with Crippen LogP contribution in [-0.4, -0.2) is 29.9 Å². The van der Waals surface area contributed by atoms with Crippen molar-refractivity contribution in [1.82, 2.24) is 9.78 Å². The summed E-state index contributed by atoms with van der Waals surface area (Å²) in [6.45, 7) is 4.04. The second kappa shape index (κ2) is 7.03. The van der Waals surface area contributed by atoms with E-state index in [-0.39, 0.29) is 11.8 Å². The highest BCUT2D eigenvalue weighted by Gasteiger charge is 2.34. The number of carbonyl (C=O) groups excluding carboxylic acids is 1. The maximum Gasteiger partial charge on any atom is 0.225 e. The Hall–Kier alpha value is -3.28. The number of aromatic nitrogens is 2. The third-order valence-electron chi connectivity index (χ3n) is 5.28. The third-order valence-corrected chi connectivity index (χ3v) is 5.28. The Balaban J connectivity index is 1.90. The van der Waals surface area contributed by atoms with Gasteiger partial charge in [0.15, 0.2) is 0 Å². The van der Waals surface area contributed by atoms with E-state index >= 15 is 0 Å². The van der Waals surface area contributed by atoms with Gasteiger partial charge in [-0.1, -0.05) is 18.2 Å². The van der Waals surface area contributed by atoms with Crippen molar-refractivity contribution in [3.05, 3.63) is 65.0 Å². The Morgan fingerprint density at radius 3 is 2.50 bits per heavy atom. The smallest absolute Gasteiger partial charge is 0.225 e. The number of amides is 1. The summed E-state index contributed by atoms with van der Waals surface area (Å²) < 4.78 is 13.0. The van der Waals surface area contributed by atoms with Crippen molar-refractivity contribution < 1.29 is 14.3 Å². The molecule has 1 aliphatic heterocycles. The summed E-state index contributed by atoms with van der Waals surface area (Å²) in [6, 6.07) is 13.7. The number of anilines is 1. The summed E-state index contributed by atoms with van der Waals surface area (Å²) in [4.78, 5) is 12.5. The van der Waals surface area contributed by atoms with Crippen molar-refractivity contribution >= 4 is 11.6 Å². The van der Waals surface area contributed by atoms with Gasteiger partial charge in [0.25, 0.3) is 0 Å². The van der Waals surface area contributed by atoms with Gasteiger partial charge in [-0.25, -0.2) is 4.68 Å². The number of rotatable bonds is 4. The fourth-order valence-electron chi connectivity index (χ4n) is 4.07. The first kappa shape index (κ1) is 18.1. The van der Waals surface area contributed by atoms with Gasteiger partial charge >= 0.3 is 0 Å². The number of methoxy groups -OCH3 is 2. The molecule has 0 aliphatic carbocycles. The summed E-state index contributed by atoms with van der Waals surface area (Å²) >= 11 is 0. The quantitative estimate of drug-likeness (QED) is 0.747. The zero-order valence-electron chi connectivity index (χ0n) is 16.4. The summed E-state index contributed by atoms with van der Waals surface area (Å²) in [7, 11) is 3.23. The predicted molar refractivity (Wildman–Crippen MR) is 108 cm³/mol. The van der Waals surface area contributed by atoms with Crippen molar-refractivity contribution in [2.45, 2.75) is 26.2 Å². The average Bonchev–Trinajstić information content (AvgIpc) is 3.00. The van der Waals surface area contributed by atoms with Crippen LogP contribution < -0.4 is 14.8 Å². The van der Waals surface area contributed by atoms with Crippen LogP contribution in [0.4, 0.5) is 5.69 Å². The Morgan fingerprint density at radius 2 is 1.82 bits per heavy atom. The van der Waals surface area contributed by atoms with Gasteiger partial charge in [0.2, 0.25) is 5.91 Å².